The van der Waals surface area contributed by atoms with Crippen molar-refractivity contribution in [3.63, 3.8) is 0 Å². The molecule has 0 N–H and O–H groups in total. The van der Waals surface area contributed by atoms with Crippen LogP contribution in [-0.2, 0) is 16.2 Å². The van der Waals surface area contributed by atoms with Crippen molar-refractivity contribution in [3.05, 3.63) is 17.5 Å². The summed E-state index contributed by atoms with van der Waals surface area (Å²) in [6.07, 6.45) is 1.38. The first kappa shape index (κ1) is 11.1. The maximum Gasteiger partial charge on any atom is 0.247 e. The van der Waals surface area contributed by atoms with Crippen LogP contribution in [-0.4, -0.2) is 33.9 Å². The normalized spacial score (nSPS) is 15.8. The van der Waals surface area contributed by atoms with Gasteiger partial charge in [0.15, 0.2) is 0 Å². The summed E-state index contributed by atoms with van der Waals surface area (Å²) in [4.78, 5) is 16.9. The van der Waals surface area contributed by atoms with Crippen molar-refractivity contribution < 1.29 is 9.63 Å². The Labute approximate surface area is 94.9 Å². The molecule has 0 aliphatic carbocycles. The van der Waals surface area contributed by atoms with Crippen LogP contribution in [0.3, 0.4) is 0 Å². The molecule has 0 aromatic carbocycles. The van der Waals surface area contributed by atoms with Gasteiger partial charge in [-0.3, -0.25) is 14.3 Å². The van der Waals surface area contributed by atoms with E-state index in [1.165, 1.54) is 5.06 Å². The zero-order chi connectivity index (χ0) is 11.5. The minimum absolute atomic E-state index is 0.0463. The number of aryl methyl sites for hydroxylation is 3. The number of hydroxylamine groups is 2. The average molecular weight is 223 g/mol. The summed E-state index contributed by atoms with van der Waals surface area (Å²) >= 11 is 0. The van der Waals surface area contributed by atoms with Crippen LogP contribution in [0, 0.1) is 13.8 Å². The number of aromatic nitrogens is 2. The highest BCUT2D eigenvalue weighted by Crippen LogP contribution is 2.08. The first-order chi connectivity index (χ1) is 7.66. The van der Waals surface area contributed by atoms with Crippen LogP contribution in [0.15, 0.2) is 6.07 Å². The maximum absolute atomic E-state index is 11.7. The van der Waals surface area contributed by atoms with Crippen molar-refractivity contribution >= 4 is 5.91 Å². The molecule has 1 saturated heterocycles. The van der Waals surface area contributed by atoms with Gasteiger partial charge in [0.05, 0.1) is 25.4 Å². The third-order valence-corrected chi connectivity index (χ3v) is 2.67. The summed E-state index contributed by atoms with van der Waals surface area (Å²) in [6.45, 7) is 5.95. The summed E-state index contributed by atoms with van der Waals surface area (Å²) < 4.78 is 1.86. The molecule has 1 aromatic rings. The van der Waals surface area contributed by atoms with E-state index >= 15 is 0 Å². The molecule has 88 valence electrons. The first-order valence-electron chi connectivity index (χ1n) is 5.61. The molecular formula is C11H17N3O2. The lowest BCUT2D eigenvalue weighted by Gasteiger charge is -2.13. The summed E-state index contributed by atoms with van der Waals surface area (Å²) in [5.41, 5.74) is 2.08. The van der Waals surface area contributed by atoms with Crippen LogP contribution in [0.25, 0.3) is 0 Å². The number of hydrogen-bond donors (Lipinski definition) is 0. The van der Waals surface area contributed by atoms with Crippen molar-refractivity contribution in [1.82, 2.24) is 14.8 Å². The Morgan fingerprint density at radius 3 is 2.94 bits per heavy atom. The second-order valence-electron chi connectivity index (χ2n) is 4.08. The monoisotopic (exact) mass is 223 g/mol. The molecule has 0 bridgehead atoms. The third-order valence-electron chi connectivity index (χ3n) is 2.67. The zero-order valence-electron chi connectivity index (χ0n) is 9.77. The van der Waals surface area contributed by atoms with E-state index in [1.807, 2.05) is 24.6 Å². The summed E-state index contributed by atoms with van der Waals surface area (Å²) in [5.74, 6) is 0.0463. The van der Waals surface area contributed by atoms with Crippen molar-refractivity contribution in [1.29, 1.82) is 0 Å². The van der Waals surface area contributed by atoms with Crippen LogP contribution < -0.4 is 0 Å². The lowest BCUT2D eigenvalue weighted by Crippen LogP contribution is -2.27. The lowest BCUT2D eigenvalue weighted by molar-refractivity contribution is -0.169. The van der Waals surface area contributed by atoms with Gasteiger partial charge in [-0.15, -0.1) is 0 Å². The lowest BCUT2D eigenvalue weighted by atomic mass is 10.3. The van der Waals surface area contributed by atoms with Crippen LogP contribution in [0.5, 0.6) is 0 Å². The quantitative estimate of drug-likeness (QED) is 0.769. The Morgan fingerprint density at radius 1 is 1.56 bits per heavy atom. The van der Waals surface area contributed by atoms with Gasteiger partial charge < -0.3 is 0 Å². The Morgan fingerprint density at radius 2 is 2.38 bits per heavy atom. The summed E-state index contributed by atoms with van der Waals surface area (Å²) in [6, 6.07) is 2.01. The van der Waals surface area contributed by atoms with Gasteiger partial charge >= 0.3 is 0 Å². The van der Waals surface area contributed by atoms with Gasteiger partial charge in [-0.1, -0.05) is 0 Å². The van der Waals surface area contributed by atoms with Gasteiger partial charge in [0.25, 0.3) is 0 Å². The smallest absolute Gasteiger partial charge is 0.247 e. The van der Waals surface area contributed by atoms with Crippen LogP contribution in [0.1, 0.15) is 24.2 Å². The summed E-state index contributed by atoms with van der Waals surface area (Å²) in [5, 5.41) is 5.78. The highest BCUT2D eigenvalue weighted by Gasteiger charge is 2.19. The fraction of sp³-hybridized carbons (Fsp3) is 0.636. The average Bonchev–Trinajstić information content (AvgIpc) is 2.84. The van der Waals surface area contributed by atoms with E-state index in [0.29, 0.717) is 19.6 Å². The number of hydrogen-bond acceptors (Lipinski definition) is 3. The molecule has 1 aliphatic rings. The molecule has 2 rings (SSSR count). The molecule has 0 unspecified atom stereocenters. The third kappa shape index (κ3) is 2.41. The van der Waals surface area contributed by atoms with Gasteiger partial charge in [-0.2, -0.15) is 5.10 Å². The fourth-order valence-electron chi connectivity index (χ4n) is 1.87. The molecule has 5 nitrogen and oxygen atoms in total. The molecule has 0 atom stereocenters. The first-order valence-corrected chi connectivity index (χ1v) is 5.61. The fourth-order valence-corrected chi connectivity index (χ4v) is 1.87. The molecule has 1 amide bonds. The number of carbonyl (C=O) groups excluding carboxylic acids is 1. The van der Waals surface area contributed by atoms with Gasteiger partial charge in [0, 0.05) is 12.1 Å². The van der Waals surface area contributed by atoms with E-state index in [1.54, 1.807) is 0 Å². The standard InChI is InChI=1S/C11H17N3O2/c1-9-8-10(2)13(12-9)6-4-11(15)14-5-3-7-16-14/h8H,3-7H2,1-2H3. The van der Waals surface area contributed by atoms with Gasteiger partial charge in [0.2, 0.25) is 5.91 Å². The Balaban J connectivity index is 1.87. The van der Waals surface area contributed by atoms with Crippen molar-refractivity contribution in [2.45, 2.75) is 33.2 Å². The Kier molecular flexibility index (Phi) is 3.24. The van der Waals surface area contributed by atoms with E-state index in [4.69, 9.17) is 4.84 Å². The molecule has 5 heteroatoms. The topological polar surface area (TPSA) is 47.4 Å². The zero-order valence-corrected chi connectivity index (χ0v) is 9.77. The van der Waals surface area contributed by atoms with E-state index in [-0.39, 0.29) is 5.91 Å². The molecule has 2 heterocycles. The van der Waals surface area contributed by atoms with Gasteiger partial charge in [-0.05, 0) is 26.3 Å². The molecule has 0 spiro atoms. The molecule has 1 aliphatic heterocycles. The predicted octanol–water partition coefficient (Wildman–Crippen LogP) is 1.05. The Bertz CT molecular complexity index is 381. The van der Waals surface area contributed by atoms with Gasteiger partial charge in [0.1, 0.15) is 0 Å². The van der Waals surface area contributed by atoms with E-state index in [0.717, 1.165) is 24.4 Å². The predicted molar refractivity (Wildman–Crippen MR) is 58.6 cm³/mol. The number of rotatable bonds is 3. The molecule has 1 fully saturated rings. The second-order valence-corrected chi connectivity index (χ2v) is 4.08. The van der Waals surface area contributed by atoms with Crippen LogP contribution in [0.4, 0.5) is 0 Å². The number of nitrogens with zero attached hydrogens (tertiary/aromatic N) is 3. The van der Waals surface area contributed by atoms with Gasteiger partial charge in [-0.25, -0.2) is 5.06 Å². The number of carbonyl (C=O) groups is 1. The maximum atomic E-state index is 11.7. The molecule has 1 aromatic heterocycles. The highest BCUT2D eigenvalue weighted by molar-refractivity contribution is 5.75. The van der Waals surface area contributed by atoms with E-state index in [9.17, 15) is 4.79 Å². The summed E-state index contributed by atoms with van der Waals surface area (Å²) in [7, 11) is 0. The van der Waals surface area contributed by atoms with E-state index in [2.05, 4.69) is 5.10 Å². The SMILES string of the molecule is Cc1cc(C)n(CCC(=O)N2CCCO2)n1. The van der Waals surface area contributed by atoms with Crippen molar-refractivity contribution in [2.75, 3.05) is 13.2 Å². The van der Waals surface area contributed by atoms with E-state index < -0.39 is 0 Å². The largest absolute Gasteiger partial charge is 0.273 e. The van der Waals surface area contributed by atoms with Crippen molar-refractivity contribution in [2.24, 2.45) is 0 Å². The molecule has 0 saturated carbocycles. The van der Waals surface area contributed by atoms with Crippen LogP contribution >= 0.6 is 0 Å². The van der Waals surface area contributed by atoms with Crippen LogP contribution in [0.2, 0.25) is 0 Å². The molecular weight excluding hydrogens is 206 g/mol. The Hall–Kier alpha value is -1.36. The van der Waals surface area contributed by atoms with Crippen molar-refractivity contribution in [3.8, 4) is 0 Å². The molecule has 0 radical (unpaired) electrons. The minimum atomic E-state index is 0.0463. The highest BCUT2D eigenvalue weighted by atomic mass is 16.7. The second kappa shape index (κ2) is 4.65. The number of amides is 1. The minimum Gasteiger partial charge on any atom is -0.273 e. The molecule has 16 heavy (non-hydrogen) atoms.